The van der Waals surface area contributed by atoms with E-state index >= 15 is 0 Å². The number of carbonyl (C=O) groups excluding carboxylic acids is 1. The minimum absolute atomic E-state index is 0.243. The quantitative estimate of drug-likeness (QED) is 0.836. The number of hydrogen-bond donors (Lipinski definition) is 2. The third-order valence-electron chi connectivity index (χ3n) is 3.98. The largest absolute Gasteiger partial charge is 0.497 e. The summed E-state index contributed by atoms with van der Waals surface area (Å²) in [5, 5.41) is 12.2. The predicted molar refractivity (Wildman–Crippen MR) is 78.5 cm³/mol. The molecule has 1 fully saturated rings. The monoisotopic (exact) mass is 291 g/mol. The Labute approximate surface area is 124 Å². The molecule has 5 nitrogen and oxygen atoms in total. The summed E-state index contributed by atoms with van der Waals surface area (Å²) < 4.78 is 5.10. The number of amides is 1. The first-order valence-electron chi connectivity index (χ1n) is 7.29. The average Bonchev–Trinajstić information content (AvgIpc) is 2.72. The second-order valence-electron chi connectivity index (χ2n) is 5.39. The Hall–Kier alpha value is -2.04. The topological polar surface area (TPSA) is 75.6 Å². The summed E-state index contributed by atoms with van der Waals surface area (Å²) in [4.78, 5) is 23.7. The molecule has 1 saturated carbocycles. The number of aliphatic carboxylic acids is 1. The maximum Gasteiger partial charge on any atom is 0.308 e. The molecule has 2 atom stereocenters. The molecule has 114 valence electrons. The van der Waals surface area contributed by atoms with Crippen LogP contribution in [0.2, 0.25) is 0 Å². The average molecular weight is 291 g/mol. The van der Waals surface area contributed by atoms with Crippen LogP contribution in [0, 0.1) is 5.92 Å². The normalized spacial score (nSPS) is 22.1. The van der Waals surface area contributed by atoms with E-state index < -0.39 is 11.9 Å². The Kier molecular flexibility index (Phi) is 5.20. The first-order valence-corrected chi connectivity index (χ1v) is 7.29. The van der Waals surface area contributed by atoms with Crippen LogP contribution in [0.25, 0.3) is 0 Å². The van der Waals surface area contributed by atoms with Gasteiger partial charge in [-0.2, -0.15) is 0 Å². The minimum atomic E-state index is -0.826. The zero-order valence-electron chi connectivity index (χ0n) is 12.2. The third-order valence-corrected chi connectivity index (χ3v) is 3.98. The van der Waals surface area contributed by atoms with Crippen molar-refractivity contribution in [1.29, 1.82) is 0 Å². The summed E-state index contributed by atoms with van der Waals surface area (Å²) >= 11 is 0. The van der Waals surface area contributed by atoms with Gasteiger partial charge in [0.25, 0.3) is 5.91 Å². The van der Waals surface area contributed by atoms with E-state index in [0.29, 0.717) is 24.2 Å². The number of benzene rings is 1. The molecule has 21 heavy (non-hydrogen) atoms. The highest BCUT2D eigenvalue weighted by Gasteiger charge is 2.30. The number of nitrogens with one attached hydrogen (secondary N) is 1. The molecule has 1 aliphatic rings. The van der Waals surface area contributed by atoms with Gasteiger partial charge >= 0.3 is 5.97 Å². The van der Waals surface area contributed by atoms with Crippen molar-refractivity contribution in [2.24, 2.45) is 5.92 Å². The Morgan fingerprint density at radius 2 is 2.00 bits per heavy atom. The molecule has 0 spiro atoms. The molecule has 0 bridgehead atoms. The fourth-order valence-corrected chi connectivity index (χ4v) is 2.79. The van der Waals surface area contributed by atoms with Crippen LogP contribution in [-0.2, 0) is 4.79 Å². The first-order chi connectivity index (χ1) is 10.1. The predicted octanol–water partition coefficient (Wildman–Crippen LogP) is 2.46. The molecule has 2 N–H and O–H groups in total. The van der Waals surface area contributed by atoms with Crippen LogP contribution in [0.1, 0.15) is 42.5 Å². The molecule has 0 heterocycles. The molecule has 0 saturated heterocycles. The van der Waals surface area contributed by atoms with Crippen LogP contribution in [-0.4, -0.2) is 30.1 Å². The van der Waals surface area contributed by atoms with Crippen molar-refractivity contribution in [1.82, 2.24) is 5.32 Å². The van der Waals surface area contributed by atoms with Crippen molar-refractivity contribution >= 4 is 11.9 Å². The van der Waals surface area contributed by atoms with Gasteiger partial charge in [-0.3, -0.25) is 9.59 Å². The molecular formula is C16H21NO4. The van der Waals surface area contributed by atoms with Gasteiger partial charge < -0.3 is 15.2 Å². The number of hydrogen-bond acceptors (Lipinski definition) is 3. The van der Waals surface area contributed by atoms with Crippen LogP contribution in [0.15, 0.2) is 24.3 Å². The molecule has 0 radical (unpaired) electrons. The smallest absolute Gasteiger partial charge is 0.308 e. The van der Waals surface area contributed by atoms with Crippen molar-refractivity contribution in [3.8, 4) is 5.75 Å². The zero-order chi connectivity index (χ0) is 15.2. The van der Waals surface area contributed by atoms with Gasteiger partial charge in [-0.25, -0.2) is 0 Å². The van der Waals surface area contributed by atoms with Crippen LogP contribution >= 0.6 is 0 Å². The van der Waals surface area contributed by atoms with E-state index in [-0.39, 0.29) is 11.9 Å². The summed E-state index contributed by atoms with van der Waals surface area (Å²) in [6, 6.07) is 6.56. The lowest BCUT2D eigenvalue weighted by Gasteiger charge is -2.23. The lowest BCUT2D eigenvalue weighted by Crippen LogP contribution is -2.42. The number of carbonyl (C=O) groups is 2. The van der Waals surface area contributed by atoms with Crippen LogP contribution < -0.4 is 10.1 Å². The van der Waals surface area contributed by atoms with E-state index in [9.17, 15) is 14.7 Å². The van der Waals surface area contributed by atoms with Crippen LogP contribution in [0.4, 0.5) is 0 Å². The second kappa shape index (κ2) is 7.11. The van der Waals surface area contributed by atoms with Crippen molar-refractivity contribution < 1.29 is 19.4 Å². The summed E-state index contributed by atoms with van der Waals surface area (Å²) in [5.41, 5.74) is 0.489. The Bertz CT molecular complexity index is 515. The Morgan fingerprint density at radius 1 is 1.24 bits per heavy atom. The molecule has 2 rings (SSSR count). The lowest BCUT2D eigenvalue weighted by molar-refractivity contribution is -0.142. The minimum Gasteiger partial charge on any atom is -0.497 e. The van der Waals surface area contributed by atoms with Crippen LogP contribution in [0.5, 0.6) is 5.75 Å². The standard InChI is InChI=1S/C16H21NO4/c1-21-12-7-5-6-11(10-12)15(18)17-14-9-4-2-3-8-13(14)16(19)20/h5-7,10,13-14H,2-4,8-9H2,1H3,(H,17,18)(H,19,20)/t13-,14+/m1/s1. The first kappa shape index (κ1) is 15.4. The van der Waals surface area contributed by atoms with Crippen molar-refractivity contribution in [3.63, 3.8) is 0 Å². The molecule has 0 unspecified atom stereocenters. The molecule has 1 aliphatic carbocycles. The Morgan fingerprint density at radius 3 is 2.71 bits per heavy atom. The number of carboxylic acids is 1. The zero-order valence-corrected chi connectivity index (χ0v) is 12.2. The highest BCUT2D eigenvalue weighted by Crippen LogP contribution is 2.24. The van der Waals surface area contributed by atoms with Crippen LogP contribution in [0.3, 0.4) is 0 Å². The van der Waals surface area contributed by atoms with Crippen molar-refractivity contribution in [2.45, 2.75) is 38.1 Å². The number of methoxy groups -OCH3 is 1. The van der Waals surface area contributed by atoms with E-state index in [4.69, 9.17) is 4.74 Å². The molecule has 0 aliphatic heterocycles. The highest BCUT2D eigenvalue weighted by atomic mass is 16.5. The molecule has 1 aromatic rings. The van der Waals surface area contributed by atoms with E-state index in [1.165, 1.54) is 0 Å². The molecule has 1 amide bonds. The van der Waals surface area contributed by atoms with Gasteiger partial charge in [0.2, 0.25) is 0 Å². The summed E-state index contributed by atoms with van der Waals surface area (Å²) in [6.45, 7) is 0. The SMILES string of the molecule is COc1cccc(C(=O)N[C@H]2CCCCC[C@H]2C(=O)O)c1. The number of rotatable bonds is 4. The fraction of sp³-hybridized carbons (Fsp3) is 0.500. The maximum atomic E-state index is 12.3. The molecule has 0 aromatic heterocycles. The van der Waals surface area contributed by atoms with Gasteiger partial charge in [0, 0.05) is 11.6 Å². The maximum absolute atomic E-state index is 12.3. The summed E-state index contributed by atoms with van der Waals surface area (Å²) in [5.74, 6) is -0.958. The summed E-state index contributed by atoms with van der Waals surface area (Å²) in [7, 11) is 1.54. The van der Waals surface area contributed by atoms with E-state index in [2.05, 4.69) is 5.32 Å². The van der Waals surface area contributed by atoms with Gasteiger partial charge in [-0.1, -0.05) is 25.3 Å². The Balaban J connectivity index is 2.10. The molecular weight excluding hydrogens is 270 g/mol. The lowest BCUT2D eigenvalue weighted by atomic mass is 9.94. The van der Waals surface area contributed by atoms with E-state index in [1.54, 1.807) is 31.4 Å². The van der Waals surface area contributed by atoms with Gasteiger partial charge in [0.05, 0.1) is 13.0 Å². The number of ether oxygens (including phenoxy) is 1. The second-order valence-corrected chi connectivity index (χ2v) is 5.39. The van der Waals surface area contributed by atoms with Gasteiger partial charge in [0.15, 0.2) is 0 Å². The number of carboxylic acid groups (broad SMARTS) is 1. The van der Waals surface area contributed by atoms with Crippen molar-refractivity contribution in [3.05, 3.63) is 29.8 Å². The van der Waals surface area contributed by atoms with Gasteiger partial charge in [-0.05, 0) is 31.0 Å². The van der Waals surface area contributed by atoms with Crippen molar-refractivity contribution in [2.75, 3.05) is 7.11 Å². The molecule has 5 heteroatoms. The third kappa shape index (κ3) is 3.97. The van der Waals surface area contributed by atoms with Gasteiger partial charge in [-0.15, -0.1) is 0 Å². The van der Waals surface area contributed by atoms with E-state index in [0.717, 1.165) is 19.3 Å². The summed E-state index contributed by atoms with van der Waals surface area (Å²) in [6.07, 6.45) is 4.22. The highest BCUT2D eigenvalue weighted by molar-refractivity contribution is 5.95. The molecule has 1 aromatic carbocycles. The van der Waals surface area contributed by atoms with Gasteiger partial charge in [0.1, 0.15) is 5.75 Å². The van der Waals surface area contributed by atoms with E-state index in [1.807, 2.05) is 0 Å². The fourth-order valence-electron chi connectivity index (χ4n) is 2.79.